The van der Waals surface area contributed by atoms with Gasteiger partial charge >= 0.3 is 0 Å². The fourth-order valence-corrected chi connectivity index (χ4v) is 2.29. The van der Waals surface area contributed by atoms with Gasteiger partial charge in [0.15, 0.2) is 5.60 Å². The van der Waals surface area contributed by atoms with Crippen LogP contribution in [0.5, 0.6) is 11.5 Å². The van der Waals surface area contributed by atoms with Crippen LogP contribution in [0.2, 0.25) is 0 Å². The van der Waals surface area contributed by atoms with Gasteiger partial charge in [0.2, 0.25) is 0 Å². The van der Waals surface area contributed by atoms with Crippen LogP contribution >= 0.6 is 0 Å². The van der Waals surface area contributed by atoms with E-state index in [1.54, 1.807) is 43.5 Å². The lowest BCUT2D eigenvalue weighted by Crippen LogP contribution is -2.24. The molecule has 1 N–H and O–H groups in total. The van der Waals surface area contributed by atoms with Crippen LogP contribution in [0.4, 0.5) is 0 Å². The predicted octanol–water partition coefficient (Wildman–Crippen LogP) is 3.74. The van der Waals surface area contributed by atoms with Gasteiger partial charge in [-0.3, -0.25) is 0 Å². The summed E-state index contributed by atoms with van der Waals surface area (Å²) in [5, 5.41) is 10.9. The first-order valence-corrected chi connectivity index (χ1v) is 7.72. The number of methoxy groups -OCH3 is 1. The smallest absolute Gasteiger partial charge is 0.176 e. The molecule has 3 nitrogen and oxygen atoms in total. The minimum atomic E-state index is -1.48. The van der Waals surface area contributed by atoms with Crippen molar-refractivity contribution in [2.24, 2.45) is 0 Å². The Hall–Kier alpha value is -2.44. The van der Waals surface area contributed by atoms with E-state index in [4.69, 9.17) is 15.9 Å². The molecule has 2 rings (SSSR count). The molecule has 23 heavy (non-hydrogen) atoms. The lowest BCUT2D eigenvalue weighted by molar-refractivity contribution is 0.145. The molecule has 0 aromatic heterocycles. The average molecular weight is 310 g/mol. The topological polar surface area (TPSA) is 38.7 Å². The maximum Gasteiger partial charge on any atom is 0.176 e. The van der Waals surface area contributed by atoms with Crippen LogP contribution in [0.1, 0.15) is 30.9 Å². The van der Waals surface area contributed by atoms with Gasteiger partial charge in [-0.05, 0) is 30.7 Å². The Morgan fingerprint density at radius 3 is 1.96 bits per heavy atom. The molecule has 0 radical (unpaired) electrons. The summed E-state index contributed by atoms with van der Waals surface area (Å²) in [7, 11) is 1.60. The molecule has 0 aliphatic rings. The fourth-order valence-electron chi connectivity index (χ4n) is 2.29. The molecule has 0 saturated carbocycles. The Bertz CT molecular complexity index is 653. The van der Waals surface area contributed by atoms with E-state index in [2.05, 4.69) is 12.8 Å². The Labute approximate surface area is 137 Å². The molecule has 3 heteroatoms. The van der Waals surface area contributed by atoms with E-state index in [0.717, 1.165) is 18.6 Å². The van der Waals surface area contributed by atoms with Crippen LogP contribution < -0.4 is 9.47 Å². The van der Waals surface area contributed by atoms with E-state index in [0.29, 0.717) is 23.5 Å². The number of aliphatic hydroxyl groups is 1. The fraction of sp³-hybridized carbons (Fsp3) is 0.300. The summed E-state index contributed by atoms with van der Waals surface area (Å²) >= 11 is 0. The van der Waals surface area contributed by atoms with Crippen molar-refractivity contribution in [2.75, 3.05) is 13.7 Å². The van der Waals surface area contributed by atoms with Gasteiger partial charge in [0.25, 0.3) is 0 Å². The Morgan fingerprint density at radius 1 is 1.00 bits per heavy atom. The van der Waals surface area contributed by atoms with Crippen LogP contribution in [0.3, 0.4) is 0 Å². The predicted molar refractivity (Wildman–Crippen MR) is 91.7 cm³/mol. The van der Waals surface area contributed by atoms with Gasteiger partial charge in [-0.1, -0.05) is 43.5 Å². The molecule has 2 aromatic carbocycles. The highest BCUT2D eigenvalue weighted by atomic mass is 16.5. The highest BCUT2D eigenvalue weighted by Crippen LogP contribution is 2.31. The lowest BCUT2D eigenvalue weighted by Gasteiger charge is -2.23. The zero-order valence-electron chi connectivity index (χ0n) is 13.6. The van der Waals surface area contributed by atoms with Crippen molar-refractivity contribution in [3.8, 4) is 23.8 Å². The third kappa shape index (κ3) is 3.85. The number of hydrogen-bond donors (Lipinski definition) is 1. The number of unbranched alkanes of at least 4 members (excludes halogenated alkanes) is 1. The molecular formula is C20H22O3. The molecule has 0 saturated heterocycles. The van der Waals surface area contributed by atoms with Crippen molar-refractivity contribution in [2.45, 2.75) is 25.4 Å². The van der Waals surface area contributed by atoms with Crippen LogP contribution in [-0.4, -0.2) is 18.8 Å². The molecule has 1 atom stereocenters. The van der Waals surface area contributed by atoms with Gasteiger partial charge < -0.3 is 14.6 Å². The van der Waals surface area contributed by atoms with Crippen molar-refractivity contribution in [1.82, 2.24) is 0 Å². The molecule has 0 amide bonds. The van der Waals surface area contributed by atoms with Gasteiger partial charge in [-0.25, -0.2) is 0 Å². The number of ether oxygens (including phenoxy) is 2. The molecule has 1 unspecified atom stereocenters. The summed E-state index contributed by atoms with van der Waals surface area (Å²) in [6, 6.07) is 14.3. The quantitative estimate of drug-likeness (QED) is 0.625. The summed E-state index contributed by atoms with van der Waals surface area (Å²) in [5.74, 6) is 3.98. The standard InChI is InChI=1S/C20H22O3/c1-4-6-15-23-19-13-9-17(10-14-19)20(21,5-2)16-7-11-18(22-3)12-8-16/h2,7-14,21H,4,6,15H2,1,3H3. The van der Waals surface area contributed by atoms with Crippen LogP contribution in [0.15, 0.2) is 48.5 Å². The number of benzene rings is 2. The van der Waals surface area contributed by atoms with Gasteiger partial charge in [0, 0.05) is 11.1 Å². The molecule has 120 valence electrons. The summed E-state index contributed by atoms with van der Waals surface area (Å²) < 4.78 is 10.8. The zero-order valence-corrected chi connectivity index (χ0v) is 13.6. The van der Waals surface area contributed by atoms with Crippen LogP contribution in [0, 0.1) is 12.3 Å². The number of terminal acetylenes is 1. The van der Waals surface area contributed by atoms with Crippen molar-refractivity contribution in [1.29, 1.82) is 0 Å². The highest BCUT2D eigenvalue weighted by molar-refractivity contribution is 5.46. The maximum absolute atomic E-state index is 10.9. The molecule has 0 heterocycles. The van der Waals surface area contributed by atoms with E-state index < -0.39 is 5.60 Å². The third-order valence-electron chi connectivity index (χ3n) is 3.76. The van der Waals surface area contributed by atoms with Crippen LogP contribution in [0.25, 0.3) is 0 Å². The maximum atomic E-state index is 10.9. The zero-order chi connectivity index (χ0) is 16.7. The van der Waals surface area contributed by atoms with Crippen molar-refractivity contribution < 1.29 is 14.6 Å². The minimum absolute atomic E-state index is 0.625. The summed E-state index contributed by atoms with van der Waals surface area (Å²) in [6.45, 7) is 2.81. The Morgan fingerprint density at radius 2 is 1.52 bits per heavy atom. The van der Waals surface area contributed by atoms with Gasteiger partial charge in [-0.15, -0.1) is 6.42 Å². The molecular weight excluding hydrogens is 288 g/mol. The largest absolute Gasteiger partial charge is 0.497 e. The number of hydrogen-bond acceptors (Lipinski definition) is 3. The summed E-state index contributed by atoms with van der Waals surface area (Å²) in [5.41, 5.74) is -0.220. The summed E-state index contributed by atoms with van der Waals surface area (Å²) in [6.07, 6.45) is 7.72. The molecule has 0 aliphatic carbocycles. The van der Waals surface area contributed by atoms with E-state index in [9.17, 15) is 5.11 Å². The second kappa shape index (κ2) is 7.71. The van der Waals surface area contributed by atoms with Crippen molar-refractivity contribution in [3.63, 3.8) is 0 Å². The molecule has 2 aromatic rings. The van der Waals surface area contributed by atoms with Gasteiger partial charge in [0.05, 0.1) is 13.7 Å². The highest BCUT2D eigenvalue weighted by Gasteiger charge is 2.29. The first-order valence-electron chi connectivity index (χ1n) is 7.72. The van der Waals surface area contributed by atoms with E-state index in [1.807, 2.05) is 12.1 Å². The normalized spacial score (nSPS) is 13.0. The van der Waals surface area contributed by atoms with E-state index in [-0.39, 0.29) is 0 Å². The summed E-state index contributed by atoms with van der Waals surface area (Å²) in [4.78, 5) is 0. The molecule has 0 aliphatic heterocycles. The Balaban J connectivity index is 2.23. The minimum Gasteiger partial charge on any atom is -0.497 e. The molecule has 0 spiro atoms. The first-order chi connectivity index (χ1) is 11.1. The van der Waals surface area contributed by atoms with Crippen molar-refractivity contribution >= 4 is 0 Å². The number of rotatable bonds is 7. The van der Waals surface area contributed by atoms with E-state index in [1.165, 1.54) is 0 Å². The van der Waals surface area contributed by atoms with E-state index >= 15 is 0 Å². The third-order valence-corrected chi connectivity index (χ3v) is 3.76. The second-order valence-corrected chi connectivity index (χ2v) is 5.31. The monoisotopic (exact) mass is 310 g/mol. The Kier molecular flexibility index (Phi) is 5.67. The average Bonchev–Trinajstić information content (AvgIpc) is 2.62. The molecule has 0 fully saturated rings. The second-order valence-electron chi connectivity index (χ2n) is 5.31. The van der Waals surface area contributed by atoms with Crippen molar-refractivity contribution in [3.05, 3.63) is 59.7 Å². The first kappa shape index (κ1) is 16.9. The lowest BCUT2D eigenvalue weighted by atomic mass is 9.87. The van der Waals surface area contributed by atoms with Gasteiger partial charge in [-0.2, -0.15) is 0 Å². The van der Waals surface area contributed by atoms with Gasteiger partial charge in [0.1, 0.15) is 11.5 Å². The SMILES string of the molecule is C#CC(O)(c1ccc(OC)cc1)c1ccc(OCCCC)cc1. The van der Waals surface area contributed by atoms with Crippen LogP contribution in [-0.2, 0) is 5.60 Å². The molecule has 0 bridgehead atoms.